The van der Waals surface area contributed by atoms with Crippen molar-refractivity contribution in [3.63, 3.8) is 0 Å². The number of nitrogens with two attached hydrogens (primary N) is 1. The third-order valence-electron chi connectivity index (χ3n) is 9.22. The number of aliphatic hydroxyl groups excluding tert-OH is 3. The number of aliphatic hydroxyl groups is 4. The monoisotopic (exact) mass is 656 g/mol. The van der Waals surface area contributed by atoms with E-state index in [-0.39, 0.29) is 48.5 Å². The molecule has 4 aliphatic rings. The maximum atomic E-state index is 14.0. The van der Waals surface area contributed by atoms with Crippen molar-refractivity contribution >= 4 is 53.9 Å². The number of carbonyl (C=O) groups is 4. The van der Waals surface area contributed by atoms with Gasteiger partial charge in [-0.05, 0) is 57.6 Å². The van der Waals surface area contributed by atoms with Gasteiger partial charge in [-0.25, -0.2) is 0 Å². The fourth-order valence-corrected chi connectivity index (χ4v) is 7.23. The molecule has 0 radical (unpaired) electrons. The molecule has 44 heavy (non-hydrogen) atoms. The Morgan fingerprint density at radius 3 is 2.27 bits per heavy atom. The van der Waals surface area contributed by atoms with E-state index in [2.05, 4.69) is 5.32 Å². The molecule has 2 amide bonds. The number of carbonyl (C=O) groups excluding carboxylic acids is 4. The van der Waals surface area contributed by atoms with Gasteiger partial charge < -0.3 is 36.6 Å². The predicted octanol–water partition coefficient (Wildman–Crippen LogP) is 0.920. The van der Waals surface area contributed by atoms with Crippen molar-refractivity contribution in [1.29, 1.82) is 0 Å². The number of phenols is 1. The Hall–Kier alpha value is -3.20. The molecule has 1 saturated heterocycles. The number of rotatable bonds is 5. The summed E-state index contributed by atoms with van der Waals surface area (Å²) in [6.07, 6.45) is 1.39. The van der Waals surface area contributed by atoms with E-state index in [0.717, 1.165) is 32.4 Å². The van der Waals surface area contributed by atoms with E-state index in [1.807, 2.05) is 4.90 Å². The Bertz CT molecular complexity index is 1460. The molecule has 6 atom stereocenters. The molecule has 1 fully saturated rings. The number of benzene rings is 1. The zero-order chi connectivity index (χ0) is 30.8. The summed E-state index contributed by atoms with van der Waals surface area (Å²) in [4.78, 5) is 55.7. The summed E-state index contributed by atoms with van der Waals surface area (Å²) in [5.41, 5.74) is 0.920. The highest BCUT2D eigenvalue weighted by atomic mass is 35.5. The topological polar surface area (TPSA) is 214 Å². The zero-order valence-corrected chi connectivity index (χ0v) is 26.1. The van der Waals surface area contributed by atoms with Gasteiger partial charge >= 0.3 is 0 Å². The number of amides is 2. The van der Waals surface area contributed by atoms with E-state index in [9.17, 15) is 44.7 Å². The Labute approximate surface area is 266 Å². The van der Waals surface area contributed by atoms with E-state index in [1.165, 1.54) is 31.1 Å². The fraction of sp³-hybridized carbons (Fsp3) is 0.517. The lowest BCUT2D eigenvalue weighted by atomic mass is 9.55. The molecular weight excluding hydrogens is 619 g/mol. The first-order valence-electron chi connectivity index (χ1n) is 13.9. The second kappa shape index (κ2) is 12.7. The zero-order valence-electron chi connectivity index (χ0n) is 24.4. The van der Waals surface area contributed by atoms with Gasteiger partial charge in [-0.1, -0.05) is 19.4 Å². The third kappa shape index (κ3) is 5.15. The number of Topliss-reactive ketones (excluding diaryl/α,β-unsaturated/α-hetero) is 2. The van der Waals surface area contributed by atoms with Gasteiger partial charge in [0.1, 0.15) is 17.1 Å². The number of primary amides is 1. The van der Waals surface area contributed by atoms with Crippen molar-refractivity contribution in [2.24, 2.45) is 17.6 Å². The second-order valence-corrected chi connectivity index (χ2v) is 11.9. The van der Waals surface area contributed by atoms with Crippen LogP contribution in [0.25, 0.3) is 0 Å². The van der Waals surface area contributed by atoms with Crippen molar-refractivity contribution in [2.75, 3.05) is 39.0 Å². The van der Waals surface area contributed by atoms with Crippen LogP contribution >= 0.6 is 24.8 Å². The summed E-state index contributed by atoms with van der Waals surface area (Å²) in [6, 6.07) is 1.66. The molecule has 1 aromatic rings. The first-order chi connectivity index (χ1) is 19.7. The molecule has 13 nitrogen and oxygen atoms in total. The normalized spacial score (nSPS) is 30.1. The smallest absolute Gasteiger partial charge is 0.255 e. The number of nitrogens with one attached hydrogen (secondary N) is 1. The Morgan fingerprint density at radius 2 is 1.70 bits per heavy atom. The molecule has 8 N–H and O–H groups in total. The van der Waals surface area contributed by atoms with Crippen molar-refractivity contribution in [2.45, 2.75) is 49.9 Å². The predicted molar refractivity (Wildman–Crippen MR) is 163 cm³/mol. The maximum absolute atomic E-state index is 14.0. The SMILES string of the molecule is CC1c2ccc(NC(=O)CN3CCCCC3)c(O)c2C(=O)C2=C(O)[C@]3(O)C(=O)C(C(N)=O)=C(O)[C@@H](N(C)C)C3C(O)C21.Cl.Cl. The lowest BCUT2D eigenvalue weighted by Gasteiger charge is -2.53. The molecule has 1 heterocycles. The number of likely N-dealkylation sites (tertiary alicyclic amines) is 1. The first-order valence-corrected chi connectivity index (χ1v) is 13.9. The summed E-state index contributed by atoms with van der Waals surface area (Å²) in [6.45, 7) is 3.30. The van der Waals surface area contributed by atoms with Crippen LogP contribution in [-0.4, -0.2) is 110 Å². The molecule has 1 aliphatic heterocycles. The van der Waals surface area contributed by atoms with Crippen LogP contribution in [-0.2, 0) is 14.4 Å². The Morgan fingerprint density at radius 1 is 1.09 bits per heavy atom. The van der Waals surface area contributed by atoms with Crippen LogP contribution in [0.5, 0.6) is 5.75 Å². The van der Waals surface area contributed by atoms with Crippen LogP contribution in [0.1, 0.15) is 48.0 Å². The van der Waals surface area contributed by atoms with E-state index in [4.69, 9.17) is 5.73 Å². The van der Waals surface area contributed by atoms with Gasteiger partial charge in [-0.3, -0.25) is 29.0 Å². The highest BCUT2D eigenvalue weighted by Gasteiger charge is 2.67. The molecule has 1 aromatic carbocycles. The lowest BCUT2D eigenvalue weighted by molar-refractivity contribution is -0.162. The summed E-state index contributed by atoms with van der Waals surface area (Å²) < 4.78 is 0. The lowest BCUT2D eigenvalue weighted by Crippen LogP contribution is -2.68. The van der Waals surface area contributed by atoms with Crippen LogP contribution < -0.4 is 11.1 Å². The summed E-state index contributed by atoms with van der Waals surface area (Å²) in [5, 5.41) is 59.6. The minimum Gasteiger partial charge on any atom is -0.510 e. The number of phenolic OH excluding ortho intramolecular Hbond substituents is 1. The molecule has 4 unspecified atom stereocenters. The van der Waals surface area contributed by atoms with E-state index in [1.54, 1.807) is 6.92 Å². The number of halogens is 2. The second-order valence-electron chi connectivity index (χ2n) is 11.9. The van der Waals surface area contributed by atoms with Crippen molar-refractivity contribution in [3.05, 3.63) is 45.9 Å². The van der Waals surface area contributed by atoms with Gasteiger partial charge in [0, 0.05) is 11.5 Å². The first kappa shape index (κ1) is 35.3. The molecular formula is C29H38Cl2N4O9. The maximum Gasteiger partial charge on any atom is 0.255 e. The number of likely N-dealkylation sites (N-methyl/N-ethyl adjacent to an activating group) is 1. The Balaban J connectivity index is 0.00000264. The number of fused-ring (bicyclic) bond motifs is 3. The van der Waals surface area contributed by atoms with Gasteiger partial charge in [0.15, 0.2) is 17.1 Å². The third-order valence-corrected chi connectivity index (χ3v) is 9.22. The number of hydrogen-bond acceptors (Lipinski definition) is 11. The highest BCUT2D eigenvalue weighted by molar-refractivity contribution is 6.25. The minimum atomic E-state index is -2.99. The molecule has 0 aromatic heterocycles. The van der Waals surface area contributed by atoms with Crippen LogP contribution in [0.3, 0.4) is 0 Å². The molecule has 0 saturated carbocycles. The summed E-state index contributed by atoms with van der Waals surface area (Å²) >= 11 is 0. The van der Waals surface area contributed by atoms with Gasteiger partial charge in [-0.15, -0.1) is 24.8 Å². The van der Waals surface area contributed by atoms with E-state index in [0.29, 0.717) is 5.56 Å². The van der Waals surface area contributed by atoms with Gasteiger partial charge in [-0.2, -0.15) is 0 Å². The molecule has 5 rings (SSSR count). The number of piperidine rings is 1. The molecule has 242 valence electrons. The van der Waals surface area contributed by atoms with Crippen LogP contribution in [0.15, 0.2) is 34.8 Å². The molecule has 0 bridgehead atoms. The highest BCUT2D eigenvalue weighted by Crippen LogP contribution is 2.56. The van der Waals surface area contributed by atoms with Crippen molar-refractivity contribution in [1.82, 2.24) is 9.80 Å². The van der Waals surface area contributed by atoms with Crippen LogP contribution in [0.2, 0.25) is 0 Å². The quantitative estimate of drug-likeness (QED) is 0.175. The number of hydrogen-bond donors (Lipinski definition) is 7. The molecule has 15 heteroatoms. The summed E-state index contributed by atoms with van der Waals surface area (Å²) in [7, 11) is 2.95. The molecule has 3 aliphatic carbocycles. The van der Waals surface area contributed by atoms with E-state index < -0.39 is 81.4 Å². The average Bonchev–Trinajstić information content (AvgIpc) is 2.92. The van der Waals surface area contributed by atoms with Gasteiger partial charge in [0.05, 0.1) is 35.9 Å². The Kier molecular flexibility index (Phi) is 10.1. The van der Waals surface area contributed by atoms with Crippen molar-refractivity contribution < 1.29 is 44.7 Å². The summed E-state index contributed by atoms with van der Waals surface area (Å²) in [5.74, 6) is -10.1. The standard InChI is InChI=1S/C29H36N4O9.2ClH/c1-12-13-7-8-14(31-15(34)11-33-9-5-4-6-10-33)22(35)17(13)23(36)18-16(12)24(37)20-21(32(2)3)25(38)19(28(30)41)27(40)29(20,42)26(18)39;;/h7-8,12,16,20-21,24,35,37-39,42H,4-6,9-11H2,1-3H3,(H2,30,41)(H,31,34);2*1H/t12?,16?,20?,21-,24?,29-;;/m0../s1. The number of aromatic hydroxyl groups is 1. The fourth-order valence-electron chi connectivity index (χ4n) is 7.23. The van der Waals surface area contributed by atoms with Crippen LogP contribution in [0, 0.1) is 11.8 Å². The average molecular weight is 658 g/mol. The number of anilines is 1. The molecule has 0 spiro atoms. The van der Waals surface area contributed by atoms with Crippen molar-refractivity contribution in [3.8, 4) is 5.75 Å². The number of ketones is 2. The minimum absolute atomic E-state index is 0. The van der Waals surface area contributed by atoms with Gasteiger partial charge in [0.25, 0.3) is 5.91 Å². The van der Waals surface area contributed by atoms with Crippen LogP contribution in [0.4, 0.5) is 5.69 Å². The largest absolute Gasteiger partial charge is 0.510 e. The van der Waals surface area contributed by atoms with E-state index >= 15 is 0 Å². The number of nitrogens with zero attached hydrogens (tertiary/aromatic N) is 2. The van der Waals surface area contributed by atoms with Gasteiger partial charge in [0.2, 0.25) is 11.7 Å².